The molecule has 2 N–H and O–H groups in total. The lowest BCUT2D eigenvalue weighted by atomic mass is 9.98. The van der Waals surface area contributed by atoms with E-state index in [2.05, 4.69) is 19.9 Å². The van der Waals surface area contributed by atoms with E-state index in [1.165, 1.54) is 0 Å². The van der Waals surface area contributed by atoms with E-state index in [0.717, 1.165) is 27.9 Å². The Morgan fingerprint density at radius 1 is 1.08 bits per heavy atom. The zero-order valence-corrected chi connectivity index (χ0v) is 12.9. The van der Waals surface area contributed by atoms with Crippen molar-refractivity contribution in [3.8, 4) is 0 Å². The van der Waals surface area contributed by atoms with Gasteiger partial charge in [-0.25, -0.2) is 9.97 Å². The first kappa shape index (κ1) is 13.3. The van der Waals surface area contributed by atoms with Gasteiger partial charge in [0.2, 0.25) is 0 Å². The van der Waals surface area contributed by atoms with Gasteiger partial charge in [-0.15, -0.1) is 0 Å². The molecule has 118 valence electrons. The van der Waals surface area contributed by atoms with Crippen LogP contribution in [-0.2, 0) is 0 Å². The van der Waals surface area contributed by atoms with Crippen molar-refractivity contribution < 1.29 is 4.79 Å². The average Bonchev–Trinajstić information content (AvgIpc) is 3.18. The highest BCUT2D eigenvalue weighted by molar-refractivity contribution is 5.97. The lowest BCUT2D eigenvalue weighted by Crippen LogP contribution is -2.48. The monoisotopic (exact) mass is 317 g/mol. The number of hydrogen-bond donors (Lipinski definition) is 2. The summed E-state index contributed by atoms with van der Waals surface area (Å²) in [6, 6.07) is 13.6. The van der Waals surface area contributed by atoms with E-state index in [1.54, 1.807) is 6.33 Å². The Morgan fingerprint density at radius 3 is 2.83 bits per heavy atom. The van der Waals surface area contributed by atoms with Crippen molar-refractivity contribution in [1.29, 1.82) is 0 Å². The summed E-state index contributed by atoms with van der Waals surface area (Å²) in [5, 5.41) is 0. The second-order valence-electron chi connectivity index (χ2n) is 6.18. The second kappa shape index (κ2) is 4.92. The Labute approximate surface area is 137 Å². The maximum atomic E-state index is 12.6. The molecule has 3 heterocycles. The molecule has 2 aromatic carbocycles. The van der Waals surface area contributed by atoms with E-state index >= 15 is 0 Å². The van der Waals surface area contributed by atoms with Gasteiger partial charge in [-0.05, 0) is 30.3 Å². The molecule has 24 heavy (non-hydrogen) atoms. The molecule has 2 aromatic heterocycles. The van der Waals surface area contributed by atoms with Gasteiger partial charge >= 0.3 is 0 Å². The van der Waals surface area contributed by atoms with Gasteiger partial charge in [0.25, 0.3) is 5.91 Å². The first-order valence-electron chi connectivity index (χ1n) is 7.95. The largest absolute Gasteiger partial charge is 0.345 e. The molecule has 1 aliphatic heterocycles. The standard InChI is InChI=1S/C18H15N5O/c24-18(11-5-6-13-16(7-11)20-10-19-13)23-8-12(9-23)17-21-14-3-1-2-4-15(14)22-17/h1-7,10,12H,8-9H2,(H,19,20)(H,21,22). The number of benzene rings is 2. The maximum Gasteiger partial charge on any atom is 0.253 e. The Kier molecular flexibility index (Phi) is 2.73. The summed E-state index contributed by atoms with van der Waals surface area (Å²) in [7, 11) is 0. The zero-order valence-electron chi connectivity index (χ0n) is 12.9. The average molecular weight is 317 g/mol. The number of aromatic nitrogens is 4. The van der Waals surface area contributed by atoms with Crippen LogP contribution in [0.2, 0.25) is 0 Å². The second-order valence-corrected chi connectivity index (χ2v) is 6.18. The molecule has 0 atom stereocenters. The molecule has 4 aromatic rings. The van der Waals surface area contributed by atoms with E-state index in [1.807, 2.05) is 47.4 Å². The smallest absolute Gasteiger partial charge is 0.253 e. The molecule has 5 rings (SSSR count). The molecule has 6 nitrogen and oxygen atoms in total. The fraction of sp³-hybridized carbons (Fsp3) is 0.167. The predicted molar refractivity (Wildman–Crippen MR) is 90.8 cm³/mol. The summed E-state index contributed by atoms with van der Waals surface area (Å²) in [6.45, 7) is 1.39. The Balaban J connectivity index is 1.34. The number of imidazole rings is 2. The molecule has 0 saturated carbocycles. The minimum atomic E-state index is 0.0545. The highest BCUT2D eigenvalue weighted by Crippen LogP contribution is 2.28. The van der Waals surface area contributed by atoms with Gasteiger partial charge in [-0.1, -0.05) is 12.1 Å². The Hall–Kier alpha value is -3.15. The molecular weight excluding hydrogens is 302 g/mol. The molecular formula is C18H15N5O. The lowest BCUT2D eigenvalue weighted by Gasteiger charge is -2.38. The molecule has 1 saturated heterocycles. The van der Waals surface area contributed by atoms with Crippen LogP contribution in [0.1, 0.15) is 22.1 Å². The highest BCUT2D eigenvalue weighted by atomic mass is 16.2. The minimum absolute atomic E-state index is 0.0545. The molecule has 0 radical (unpaired) electrons. The molecule has 6 heteroatoms. The van der Waals surface area contributed by atoms with Gasteiger partial charge in [-0.2, -0.15) is 0 Å². The summed E-state index contributed by atoms with van der Waals surface area (Å²) in [6.07, 6.45) is 1.64. The fourth-order valence-electron chi connectivity index (χ4n) is 3.23. The van der Waals surface area contributed by atoms with Crippen LogP contribution >= 0.6 is 0 Å². The lowest BCUT2D eigenvalue weighted by molar-refractivity contribution is 0.0596. The van der Waals surface area contributed by atoms with Gasteiger partial charge in [0, 0.05) is 18.7 Å². The van der Waals surface area contributed by atoms with E-state index in [9.17, 15) is 4.79 Å². The van der Waals surface area contributed by atoms with Crippen LogP contribution in [-0.4, -0.2) is 43.8 Å². The quantitative estimate of drug-likeness (QED) is 0.596. The normalized spacial score (nSPS) is 15.1. The number of carbonyl (C=O) groups excluding carboxylic acids is 1. The van der Waals surface area contributed by atoms with E-state index in [-0.39, 0.29) is 11.8 Å². The van der Waals surface area contributed by atoms with Gasteiger partial charge < -0.3 is 14.9 Å². The summed E-state index contributed by atoms with van der Waals surface area (Å²) in [5.74, 6) is 1.29. The van der Waals surface area contributed by atoms with Gasteiger partial charge in [0.1, 0.15) is 5.82 Å². The number of aromatic amines is 2. The molecule has 0 aliphatic carbocycles. The van der Waals surface area contributed by atoms with Crippen LogP contribution in [0.4, 0.5) is 0 Å². The van der Waals surface area contributed by atoms with Crippen LogP contribution in [0, 0.1) is 0 Å². The molecule has 0 unspecified atom stereocenters. The highest BCUT2D eigenvalue weighted by Gasteiger charge is 2.34. The van der Waals surface area contributed by atoms with Crippen molar-refractivity contribution in [3.63, 3.8) is 0 Å². The Morgan fingerprint density at radius 2 is 1.96 bits per heavy atom. The van der Waals surface area contributed by atoms with Crippen molar-refractivity contribution >= 4 is 28.0 Å². The topological polar surface area (TPSA) is 77.7 Å². The zero-order chi connectivity index (χ0) is 16.1. The van der Waals surface area contributed by atoms with Crippen molar-refractivity contribution in [3.05, 3.63) is 60.2 Å². The number of nitrogens with one attached hydrogen (secondary N) is 2. The number of H-pyrrole nitrogens is 2. The first-order chi connectivity index (χ1) is 11.8. The van der Waals surface area contributed by atoms with Crippen molar-refractivity contribution in [1.82, 2.24) is 24.8 Å². The molecule has 1 aliphatic rings. The van der Waals surface area contributed by atoms with E-state index in [4.69, 9.17) is 0 Å². The van der Waals surface area contributed by atoms with Crippen molar-refractivity contribution in [2.45, 2.75) is 5.92 Å². The van der Waals surface area contributed by atoms with Crippen molar-refractivity contribution in [2.24, 2.45) is 0 Å². The third-order valence-electron chi connectivity index (χ3n) is 4.63. The number of para-hydroxylation sites is 2. The third-order valence-corrected chi connectivity index (χ3v) is 4.63. The van der Waals surface area contributed by atoms with Gasteiger partial charge in [0.15, 0.2) is 0 Å². The summed E-state index contributed by atoms with van der Waals surface area (Å²) < 4.78 is 0. The Bertz CT molecular complexity index is 1020. The number of likely N-dealkylation sites (tertiary alicyclic amines) is 1. The van der Waals surface area contributed by atoms with Crippen LogP contribution < -0.4 is 0 Å². The van der Waals surface area contributed by atoms with Gasteiger partial charge in [0.05, 0.1) is 34.3 Å². The maximum absolute atomic E-state index is 12.6. The number of fused-ring (bicyclic) bond motifs is 2. The molecule has 1 amide bonds. The predicted octanol–water partition coefficient (Wildman–Crippen LogP) is 2.68. The van der Waals surface area contributed by atoms with Crippen LogP contribution in [0.25, 0.3) is 22.1 Å². The SMILES string of the molecule is O=C(c1ccc2nc[nH]c2c1)N1CC(c2nc3ccccc3[nH]2)C1. The van der Waals surface area contributed by atoms with E-state index in [0.29, 0.717) is 18.7 Å². The summed E-state index contributed by atoms with van der Waals surface area (Å²) in [4.78, 5) is 29.7. The van der Waals surface area contributed by atoms with Crippen molar-refractivity contribution in [2.75, 3.05) is 13.1 Å². The van der Waals surface area contributed by atoms with Crippen LogP contribution in [0.3, 0.4) is 0 Å². The molecule has 1 fully saturated rings. The number of rotatable bonds is 2. The summed E-state index contributed by atoms with van der Waals surface area (Å²) in [5.41, 5.74) is 4.46. The number of amides is 1. The molecule has 0 spiro atoms. The van der Waals surface area contributed by atoms with Crippen LogP contribution in [0.5, 0.6) is 0 Å². The van der Waals surface area contributed by atoms with E-state index < -0.39 is 0 Å². The number of hydrogen-bond acceptors (Lipinski definition) is 3. The minimum Gasteiger partial charge on any atom is -0.345 e. The fourth-order valence-corrected chi connectivity index (χ4v) is 3.23. The van der Waals surface area contributed by atoms with Gasteiger partial charge in [-0.3, -0.25) is 4.79 Å². The first-order valence-corrected chi connectivity index (χ1v) is 7.95. The number of nitrogens with zero attached hydrogens (tertiary/aromatic N) is 3. The van der Waals surface area contributed by atoms with Crippen LogP contribution in [0.15, 0.2) is 48.8 Å². The summed E-state index contributed by atoms with van der Waals surface area (Å²) >= 11 is 0. The number of carbonyl (C=O) groups is 1. The molecule has 0 bridgehead atoms. The third kappa shape index (κ3) is 2.00.